The second-order valence-electron chi connectivity index (χ2n) is 9.32. The number of H-pyrrole nitrogens is 1. The molecule has 13 heteroatoms. The van der Waals surface area contributed by atoms with Crippen molar-refractivity contribution in [2.24, 2.45) is 5.92 Å². The number of aromatic amines is 1. The maximum Gasteiger partial charge on any atom is 0.416 e. The van der Waals surface area contributed by atoms with E-state index < -0.39 is 41.0 Å². The summed E-state index contributed by atoms with van der Waals surface area (Å²) in [5.74, 6) is -2.06. The lowest BCUT2D eigenvalue weighted by Crippen LogP contribution is -2.41. The number of anilines is 1. The van der Waals surface area contributed by atoms with Crippen molar-refractivity contribution in [3.8, 4) is 0 Å². The van der Waals surface area contributed by atoms with Crippen molar-refractivity contribution >= 4 is 35.0 Å². The average molecular weight is 530 g/mol. The number of rotatable bonds is 7. The van der Waals surface area contributed by atoms with Crippen LogP contribution in [-0.4, -0.2) is 51.0 Å². The van der Waals surface area contributed by atoms with E-state index in [9.17, 15) is 32.7 Å². The van der Waals surface area contributed by atoms with Crippen LogP contribution in [0.4, 0.5) is 18.9 Å². The fraction of sp³-hybridized carbons (Fsp3) is 0.478. The Morgan fingerprint density at radius 1 is 1.14 bits per heavy atom. The predicted molar refractivity (Wildman–Crippen MR) is 126 cm³/mol. The summed E-state index contributed by atoms with van der Waals surface area (Å²) >= 11 is 5.96. The molecule has 0 atom stereocenters. The summed E-state index contributed by atoms with van der Waals surface area (Å²) in [7, 11) is 0. The fourth-order valence-electron chi connectivity index (χ4n) is 3.81. The Kier molecular flexibility index (Phi) is 8.29. The molecule has 1 aromatic heterocycles. The summed E-state index contributed by atoms with van der Waals surface area (Å²) in [5, 5.41) is 17.6. The van der Waals surface area contributed by atoms with Crippen molar-refractivity contribution in [3.05, 3.63) is 46.5 Å². The monoisotopic (exact) mass is 529 g/mol. The van der Waals surface area contributed by atoms with Gasteiger partial charge in [-0.2, -0.15) is 13.2 Å². The van der Waals surface area contributed by atoms with Crippen LogP contribution < -0.4 is 16.0 Å². The van der Waals surface area contributed by atoms with Gasteiger partial charge in [0.2, 0.25) is 5.91 Å². The zero-order valence-corrected chi connectivity index (χ0v) is 20.4. The summed E-state index contributed by atoms with van der Waals surface area (Å²) in [5.41, 5.74) is -2.29. The third kappa shape index (κ3) is 7.20. The van der Waals surface area contributed by atoms with Crippen LogP contribution in [0.1, 0.15) is 66.1 Å². The molecule has 5 N–H and O–H groups in total. The van der Waals surface area contributed by atoms with Crippen LogP contribution in [0.3, 0.4) is 0 Å². The Hall–Kier alpha value is -3.12. The lowest BCUT2D eigenvalue weighted by Gasteiger charge is -2.28. The Morgan fingerprint density at radius 3 is 2.42 bits per heavy atom. The first kappa shape index (κ1) is 27.5. The number of aliphatic hydroxyl groups is 1. The number of carbonyl (C=O) groups is 3. The van der Waals surface area contributed by atoms with E-state index in [-0.39, 0.29) is 34.7 Å². The van der Waals surface area contributed by atoms with E-state index in [0.717, 1.165) is 18.2 Å². The molecule has 0 bridgehead atoms. The highest BCUT2D eigenvalue weighted by atomic mass is 35.5. The number of benzene rings is 1. The predicted octanol–water partition coefficient (Wildman–Crippen LogP) is 3.51. The van der Waals surface area contributed by atoms with Gasteiger partial charge in [0, 0.05) is 18.5 Å². The first-order valence-corrected chi connectivity index (χ1v) is 11.6. The highest BCUT2D eigenvalue weighted by Crippen LogP contribution is 2.34. The van der Waals surface area contributed by atoms with E-state index >= 15 is 0 Å². The molecule has 1 aromatic carbocycles. The molecule has 0 saturated heterocycles. The molecular weight excluding hydrogens is 503 g/mol. The topological polar surface area (TPSA) is 136 Å². The molecule has 1 aliphatic carbocycles. The number of aromatic nitrogens is 2. The number of amides is 3. The largest absolute Gasteiger partial charge is 0.416 e. The van der Waals surface area contributed by atoms with Crippen LogP contribution in [0.15, 0.2) is 24.5 Å². The van der Waals surface area contributed by atoms with Crippen LogP contribution in [0.2, 0.25) is 5.02 Å². The van der Waals surface area contributed by atoms with Crippen LogP contribution in [0.25, 0.3) is 0 Å². The molecule has 2 aromatic rings. The molecule has 0 unspecified atom stereocenters. The number of imidazole rings is 1. The summed E-state index contributed by atoms with van der Waals surface area (Å²) in [6.45, 7) is 3.03. The maximum absolute atomic E-state index is 13.0. The Morgan fingerprint density at radius 2 is 1.81 bits per heavy atom. The van der Waals surface area contributed by atoms with Crippen molar-refractivity contribution in [1.29, 1.82) is 0 Å². The number of carbonyl (C=O) groups excluding carboxylic acids is 3. The molecule has 1 fully saturated rings. The van der Waals surface area contributed by atoms with Gasteiger partial charge in [-0.3, -0.25) is 14.4 Å². The number of alkyl halides is 3. The minimum absolute atomic E-state index is 0.00121. The van der Waals surface area contributed by atoms with Crippen LogP contribution in [0, 0.1) is 5.92 Å². The van der Waals surface area contributed by atoms with Crippen molar-refractivity contribution < 1.29 is 32.7 Å². The van der Waals surface area contributed by atoms with Gasteiger partial charge in [-0.15, -0.1) is 0 Å². The van der Waals surface area contributed by atoms with Gasteiger partial charge in [-0.1, -0.05) is 11.6 Å². The standard InChI is InChI=1S/C23H27ClF3N5O4/c1-22(2,36)10-28-20(34)17-18(30-11-29-17)21(35)31-14-6-3-12(4-7-14)19(33)32-16-9-13(23(25,26)27)5-8-15(16)24/h5,8-9,11-12,14,36H,3-4,6-7,10H2,1-2H3,(H,28,34)(H,29,30)(H,31,35)(H,32,33). The normalized spacial score (nSPS) is 18.4. The summed E-state index contributed by atoms with van der Waals surface area (Å²) < 4.78 is 38.9. The lowest BCUT2D eigenvalue weighted by molar-refractivity contribution is -0.137. The maximum atomic E-state index is 13.0. The third-order valence-corrected chi connectivity index (χ3v) is 6.08. The van der Waals surface area contributed by atoms with Crippen molar-refractivity contribution in [3.63, 3.8) is 0 Å². The quantitative estimate of drug-likeness (QED) is 0.374. The number of nitrogens with one attached hydrogen (secondary N) is 4. The highest BCUT2D eigenvalue weighted by Gasteiger charge is 2.32. The molecule has 0 aliphatic heterocycles. The number of hydrogen-bond donors (Lipinski definition) is 5. The molecule has 196 valence electrons. The van der Waals surface area contributed by atoms with Gasteiger partial charge >= 0.3 is 6.18 Å². The van der Waals surface area contributed by atoms with Gasteiger partial charge in [0.05, 0.1) is 28.2 Å². The van der Waals surface area contributed by atoms with E-state index in [1.807, 2.05) is 0 Å². The Labute approximate surface area is 210 Å². The molecule has 1 aliphatic rings. The Balaban J connectivity index is 1.54. The Bertz CT molecular complexity index is 1120. The second-order valence-corrected chi connectivity index (χ2v) is 9.73. The summed E-state index contributed by atoms with van der Waals surface area (Å²) in [6, 6.07) is 2.45. The second kappa shape index (κ2) is 10.9. The van der Waals surface area contributed by atoms with Gasteiger partial charge in [-0.25, -0.2) is 4.98 Å². The number of hydrogen-bond acceptors (Lipinski definition) is 5. The van der Waals surface area contributed by atoms with E-state index in [0.29, 0.717) is 25.7 Å². The minimum Gasteiger partial charge on any atom is -0.389 e. The van der Waals surface area contributed by atoms with E-state index in [1.165, 1.54) is 20.2 Å². The highest BCUT2D eigenvalue weighted by molar-refractivity contribution is 6.33. The van der Waals surface area contributed by atoms with Gasteiger partial charge in [0.15, 0.2) is 5.69 Å². The van der Waals surface area contributed by atoms with E-state index in [1.54, 1.807) is 0 Å². The van der Waals surface area contributed by atoms with Crippen LogP contribution in [0.5, 0.6) is 0 Å². The zero-order chi connectivity index (χ0) is 26.7. The summed E-state index contributed by atoms with van der Waals surface area (Å²) in [6.07, 6.45) is -1.66. The summed E-state index contributed by atoms with van der Waals surface area (Å²) in [4.78, 5) is 44.2. The van der Waals surface area contributed by atoms with Crippen molar-refractivity contribution in [1.82, 2.24) is 20.6 Å². The first-order valence-electron chi connectivity index (χ1n) is 11.3. The molecule has 0 spiro atoms. The van der Waals surface area contributed by atoms with Crippen LogP contribution in [-0.2, 0) is 11.0 Å². The minimum atomic E-state index is -4.56. The average Bonchev–Trinajstić information content (AvgIpc) is 3.28. The van der Waals surface area contributed by atoms with E-state index in [4.69, 9.17) is 11.6 Å². The third-order valence-electron chi connectivity index (χ3n) is 5.75. The molecular formula is C23H27ClF3N5O4. The first-order chi connectivity index (χ1) is 16.7. The van der Waals surface area contributed by atoms with Gasteiger partial charge in [0.25, 0.3) is 11.8 Å². The van der Waals surface area contributed by atoms with Gasteiger partial charge < -0.3 is 26.0 Å². The lowest BCUT2D eigenvalue weighted by atomic mass is 9.85. The fourth-order valence-corrected chi connectivity index (χ4v) is 3.98. The number of nitrogens with zero attached hydrogens (tertiary/aromatic N) is 1. The van der Waals surface area contributed by atoms with Gasteiger partial charge in [0.1, 0.15) is 5.69 Å². The molecule has 1 saturated carbocycles. The van der Waals surface area contributed by atoms with Gasteiger partial charge in [-0.05, 0) is 57.7 Å². The molecule has 0 radical (unpaired) electrons. The van der Waals surface area contributed by atoms with Crippen LogP contribution >= 0.6 is 11.6 Å². The number of halogens is 4. The molecule has 3 rings (SSSR count). The molecule has 36 heavy (non-hydrogen) atoms. The van der Waals surface area contributed by atoms with Crippen molar-refractivity contribution in [2.75, 3.05) is 11.9 Å². The SMILES string of the molecule is CC(C)(O)CNC(=O)c1[nH]cnc1C(=O)NC1CCC(C(=O)Nc2cc(C(F)(F)F)ccc2Cl)CC1. The van der Waals surface area contributed by atoms with Crippen molar-refractivity contribution in [2.45, 2.75) is 57.3 Å². The smallest absolute Gasteiger partial charge is 0.389 e. The molecule has 3 amide bonds. The molecule has 9 nitrogen and oxygen atoms in total. The van der Waals surface area contributed by atoms with E-state index in [2.05, 4.69) is 25.9 Å². The molecule has 1 heterocycles. The zero-order valence-electron chi connectivity index (χ0n) is 19.6.